The van der Waals surface area contributed by atoms with Crippen molar-refractivity contribution in [1.82, 2.24) is 15.1 Å². The molecule has 0 radical (unpaired) electrons. The van der Waals surface area contributed by atoms with Gasteiger partial charge in [0.05, 0.1) is 13.2 Å². The molecule has 3 N–H and O–H groups in total. The van der Waals surface area contributed by atoms with E-state index in [4.69, 9.17) is 5.11 Å². The number of β-amino-alcohol motifs (C(OH)–C–C–N with tert-alkyl or cyclic N) is 1. The Bertz CT molecular complexity index is 1200. The van der Waals surface area contributed by atoms with Gasteiger partial charge in [-0.25, -0.2) is 0 Å². The monoisotopic (exact) mass is 449 g/mol. The van der Waals surface area contributed by atoms with Gasteiger partial charge in [-0.15, -0.1) is 10.2 Å². The first-order valence-corrected chi connectivity index (χ1v) is 10.5. The normalized spacial score (nSPS) is 13.3. The smallest absolute Gasteiger partial charge is 0.286 e. The molecular formula is C22H19N5O4S. The fraction of sp³-hybridized carbons (Fsp3) is 0.136. The summed E-state index contributed by atoms with van der Waals surface area (Å²) in [6, 6.07) is 14.5. The summed E-state index contributed by atoms with van der Waals surface area (Å²) < 4.78 is 0. The molecule has 4 rings (SSSR count). The van der Waals surface area contributed by atoms with Crippen molar-refractivity contribution in [3.63, 3.8) is 0 Å². The van der Waals surface area contributed by atoms with Gasteiger partial charge in [0.1, 0.15) is 10.7 Å². The van der Waals surface area contributed by atoms with Crippen molar-refractivity contribution in [3.05, 3.63) is 70.9 Å². The largest absolute Gasteiger partial charge is 0.395 e. The predicted molar refractivity (Wildman–Crippen MR) is 120 cm³/mol. The fourth-order valence-electron chi connectivity index (χ4n) is 3.01. The van der Waals surface area contributed by atoms with Crippen LogP contribution in [-0.2, 0) is 9.59 Å². The molecule has 1 aliphatic rings. The summed E-state index contributed by atoms with van der Waals surface area (Å²) in [4.78, 5) is 37.5. The number of hydrogen-bond acceptors (Lipinski definition) is 8. The summed E-state index contributed by atoms with van der Waals surface area (Å²) in [5.74, 6) is -1.28. The van der Waals surface area contributed by atoms with Gasteiger partial charge in [0.2, 0.25) is 5.01 Å². The van der Waals surface area contributed by atoms with Crippen LogP contribution in [0.2, 0.25) is 0 Å². The van der Waals surface area contributed by atoms with Crippen molar-refractivity contribution in [2.75, 3.05) is 23.8 Å². The van der Waals surface area contributed by atoms with Crippen LogP contribution in [0.25, 0.3) is 10.6 Å². The molecule has 0 atom stereocenters. The Morgan fingerprint density at radius 3 is 2.41 bits per heavy atom. The van der Waals surface area contributed by atoms with Gasteiger partial charge < -0.3 is 15.7 Å². The summed E-state index contributed by atoms with van der Waals surface area (Å²) in [6.45, 7) is 1.63. The van der Waals surface area contributed by atoms with Crippen LogP contribution in [0.1, 0.15) is 15.4 Å². The van der Waals surface area contributed by atoms with E-state index in [1.807, 2.05) is 31.2 Å². The van der Waals surface area contributed by atoms with Gasteiger partial charge in [-0.05, 0) is 43.3 Å². The van der Waals surface area contributed by atoms with Crippen molar-refractivity contribution in [3.8, 4) is 10.6 Å². The molecule has 0 aliphatic carbocycles. The molecule has 0 saturated carbocycles. The summed E-state index contributed by atoms with van der Waals surface area (Å²) in [5.41, 5.74) is 3.28. The standard InChI is InChI=1S/C22H19N5O4S/c1-13-2-6-16(7-3-13)24-19(30)21-26-25-20(32-21)14-4-8-15(9-5-14)23-17-12-18(29)27(10-11-28)22(17)31/h2-9,12,23,28H,10-11H2,1H3,(H,24,30). The van der Waals surface area contributed by atoms with E-state index in [1.54, 1.807) is 24.3 Å². The third-order valence-electron chi connectivity index (χ3n) is 4.67. The first-order valence-electron chi connectivity index (χ1n) is 9.72. The zero-order valence-electron chi connectivity index (χ0n) is 17.0. The number of rotatable bonds is 7. The maximum atomic E-state index is 12.4. The van der Waals surface area contributed by atoms with E-state index >= 15 is 0 Å². The Balaban J connectivity index is 1.41. The maximum Gasteiger partial charge on any atom is 0.286 e. The second-order valence-corrected chi connectivity index (χ2v) is 7.99. The van der Waals surface area contributed by atoms with Crippen LogP contribution in [0.4, 0.5) is 11.4 Å². The molecule has 10 heteroatoms. The third-order valence-corrected chi connectivity index (χ3v) is 5.64. The Hall–Kier alpha value is -3.89. The average Bonchev–Trinajstić information content (AvgIpc) is 3.38. The molecule has 1 aliphatic heterocycles. The number of carbonyl (C=O) groups excluding carboxylic acids is 3. The lowest BCUT2D eigenvalue weighted by Gasteiger charge is -2.13. The molecule has 2 aromatic carbocycles. The van der Waals surface area contributed by atoms with Gasteiger partial charge in [0, 0.05) is 23.0 Å². The van der Waals surface area contributed by atoms with Gasteiger partial charge >= 0.3 is 0 Å². The lowest BCUT2D eigenvalue weighted by Crippen LogP contribution is -2.34. The molecule has 3 aromatic rings. The third kappa shape index (κ3) is 4.56. The number of aliphatic hydroxyl groups excluding tert-OH is 1. The minimum atomic E-state index is -0.485. The quantitative estimate of drug-likeness (QED) is 0.473. The number of aromatic nitrogens is 2. The summed E-state index contributed by atoms with van der Waals surface area (Å²) >= 11 is 1.17. The molecule has 2 heterocycles. The van der Waals surface area contributed by atoms with Gasteiger partial charge in [0.25, 0.3) is 17.7 Å². The van der Waals surface area contributed by atoms with E-state index in [-0.39, 0.29) is 29.8 Å². The fourth-order valence-corrected chi connectivity index (χ4v) is 3.76. The van der Waals surface area contributed by atoms with Crippen molar-refractivity contribution in [2.45, 2.75) is 6.92 Å². The molecule has 0 saturated heterocycles. The Kier molecular flexibility index (Phi) is 6.06. The average molecular weight is 449 g/mol. The van der Waals surface area contributed by atoms with E-state index in [9.17, 15) is 14.4 Å². The molecule has 1 aromatic heterocycles. The van der Waals surface area contributed by atoms with Crippen LogP contribution in [0.3, 0.4) is 0 Å². The number of imide groups is 1. The minimum Gasteiger partial charge on any atom is -0.395 e. The number of aliphatic hydroxyl groups is 1. The molecule has 9 nitrogen and oxygen atoms in total. The van der Waals surface area contributed by atoms with Gasteiger partial charge in [-0.1, -0.05) is 29.0 Å². The van der Waals surface area contributed by atoms with Crippen LogP contribution in [0.5, 0.6) is 0 Å². The number of hydrogen-bond donors (Lipinski definition) is 3. The van der Waals surface area contributed by atoms with Crippen molar-refractivity contribution >= 4 is 40.4 Å². The highest BCUT2D eigenvalue weighted by Gasteiger charge is 2.30. The van der Waals surface area contributed by atoms with E-state index in [0.717, 1.165) is 16.0 Å². The summed E-state index contributed by atoms with van der Waals surface area (Å²) in [6.07, 6.45) is 1.20. The van der Waals surface area contributed by atoms with Gasteiger partial charge in [-0.3, -0.25) is 19.3 Å². The minimum absolute atomic E-state index is 0.0465. The molecule has 0 spiro atoms. The highest BCUT2D eigenvalue weighted by atomic mass is 32.1. The first kappa shape index (κ1) is 21.3. The topological polar surface area (TPSA) is 125 Å². The Morgan fingerprint density at radius 1 is 1.03 bits per heavy atom. The molecule has 0 bridgehead atoms. The number of anilines is 2. The number of benzene rings is 2. The summed E-state index contributed by atoms with van der Waals surface area (Å²) in [5, 5.41) is 23.6. The highest BCUT2D eigenvalue weighted by molar-refractivity contribution is 7.16. The van der Waals surface area contributed by atoms with Crippen LogP contribution in [0.15, 0.2) is 60.3 Å². The molecule has 3 amide bonds. The van der Waals surface area contributed by atoms with E-state index in [2.05, 4.69) is 20.8 Å². The zero-order valence-corrected chi connectivity index (χ0v) is 17.8. The van der Waals surface area contributed by atoms with Crippen LogP contribution in [-0.4, -0.2) is 51.1 Å². The van der Waals surface area contributed by atoms with Gasteiger partial charge in [-0.2, -0.15) is 0 Å². The maximum absolute atomic E-state index is 12.4. The van der Waals surface area contributed by atoms with E-state index in [1.165, 1.54) is 17.4 Å². The van der Waals surface area contributed by atoms with Gasteiger partial charge in [0.15, 0.2) is 0 Å². The lowest BCUT2D eigenvalue weighted by atomic mass is 10.2. The van der Waals surface area contributed by atoms with Crippen LogP contribution in [0, 0.1) is 6.92 Å². The predicted octanol–water partition coefficient (Wildman–Crippen LogP) is 2.42. The molecule has 162 valence electrons. The van der Waals surface area contributed by atoms with E-state index in [0.29, 0.717) is 16.4 Å². The number of aryl methyl sites for hydroxylation is 1. The highest BCUT2D eigenvalue weighted by Crippen LogP contribution is 2.26. The molecule has 32 heavy (non-hydrogen) atoms. The van der Waals surface area contributed by atoms with Crippen molar-refractivity contribution in [2.24, 2.45) is 0 Å². The van der Waals surface area contributed by atoms with Crippen molar-refractivity contribution < 1.29 is 19.5 Å². The van der Waals surface area contributed by atoms with Crippen LogP contribution < -0.4 is 10.6 Å². The SMILES string of the molecule is Cc1ccc(NC(=O)c2nnc(-c3ccc(NC4=CC(=O)N(CCO)C4=O)cc3)s2)cc1. The molecule has 0 fully saturated rings. The Labute approximate surface area is 187 Å². The number of amides is 3. The molecule has 0 unspecified atom stereocenters. The number of nitrogens with zero attached hydrogens (tertiary/aromatic N) is 3. The number of nitrogens with one attached hydrogen (secondary N) is 2. The summed E-state index contributed by atoms with van der Waals surface area (Å²) in [7, 11) is 0. The first-order chi connectivity index (χ1) is 15.4. The molecular weight excluding hydrogens is 430 g/mol. The zero-order chi connectivity index (χ0) is 22.7. The Morgan fingerprint density at radius 2 is 1.72 bits per heavy atom. The van der Waals surface area contributed by atoms with Crippen LogP contribution >= 0.6 is 11.3 Å². The number of carbonyl (C=O) groups is 3. The lowest BCUT2D eigenvalue weighted by molar-refractivity contribution is -0.137. The van der Waals surface area contributed by atoms with Crippen molar-refractivity contribution in [1.29, 1.82) is 0 Å². The van der Waals surface area contributed by atoms with E-state index < -0.39 is 11.8 Å². The second kappa shape index (κ2) is 9.08. The second-order valence-electron chi connectivity index (χ2n) is 7.01.